The van der Waals surface area contributed by atoms with Crippen LogP contribution < -0.4 is 16.0 Å². The van der Waals surface area contributed by atoms with E-state index in [1.165, 1.54) is 5.56 Å². The second kappa shape index (κ2) is 8.13. The number of para-hydroxylation sites is 1. The van der Waals surface area contributed by atoms with E-state index in [0.717, 1.165) is 17.1 Å². The first kappa shape index (κ1) is 16.0. The van der Waals surface area contributed by atoms with Crippen LogP contribution in [0.4, 0.5) is 17.1 Å². The molecule has 0 radical (unpaired) electrons. The van der Waals surface area contributed by atoms with Gasteiger partial charge in [-0.2, -0.15) is 0 Å². The lowest BCUT2D eigenvalue weighted by Gasteiger charge is -2.12. The zero-order valence-electron chi connectivity index (χ0n) is 13.2. The molecule has 0 saturated carbocycles. The van der Waals surface area contributed by atoms with Crippen LogP contribution in [0.1, 0.15) is 5.56 Å². The monoisotopic (exact) mass is 333 g/mol. The molecule has 24 heavy (non-hydrogen) atoms. The smallest absolute Gasteiger partial charge is 0.171 e. The van der Waals surface area contributed by atoms with Crippen LogP contribution in [0.25, 0.3) is 0 Å². The van der Waals surface area contributed by atoms with Crippen molar-refractivity contribution in [2.24, 2.45) is 0 Å². The Morgan fingerprint density at radius 1 is 0.667 bits per heavy atom. The van der Waals surface area contributed by atoms with Crippen molar-refractivity contribution in [3.63, 3.8) is 0 Å². The molecule has 0 atom stereocenters. The first-order valence-electron chi connectivity index (χ1n) is 7.80. The SMILES string of the molecule is S=C(NCc1ccccc1)Nc1ccc(Nc2ccccc2)cc1. The van der Waals surface area contributed by atoms with Crippen molar-refractivity contribution >= 4 is 34.4 Å². The van der Waals surface area contributed by atoms with Gasteiger partial charge in [-0.25, -0.2) is 0 Å². The van der Waals surface area contributed by atoms with E-state index < -0.39 is 0 Å². The quantitative estimate of drug-likeness (QED) is 0.579. The molecule has 0 spiro atoms. The first-order valence-corrected chi connectivity index (χ1v) is 8.21. The molecule has 0 aliphatic carbocycles. The maximum absolute atomic E-state index is 5.34. The lowest BCUT2D eigenvalue weighted by atomic mass is 10.2. The summed E-state index contributed by atoms with van der Waals surface area (Å²) in [5.41, 5.74) is 4.26. The van der Waals surface area contributed by atoms with E-state index in [2.05, 4.69) is 28.1 Å². The van der Waals surface area contributed by atoms with Gasteiger partial charge in [-0.3, -0.25) is 0 Å². The van der Waals surface area contributed by atoms with E-state index in [-0.39, 0.29) is 0 Å². The number of rotatable bonds is 5. The summed E-state index contributed by atoms with van der Waals surface area (Å²) < 4.78 is 0. The summed E-state index contributed by atoms with van der Waals surface area (Å²) in [6.07, 6.45) is 0. The summed E-state index contributed by atoms with van der Waals surface area (Å²) in [5, 5.41) is 10.4. The summed E-state index contributed by atoms with van der Waals surface area (Å²) in [5.74, 6) is 0. The zero-order valence-corrected chi connectivity index (χ0v) is 14.0. The third kappa shape index (κ3) is 4.83. The Balaban J connectivity index is 1.51. The van der Waals surface area contributed by atoms with Gasteiger partial charge in [0.15, 0.2) is 5.11 Å². The van der Waals surface area contributed by atoms with Crippen molar-refractivity contribution in [3.05, 3.63) is 90.5 Å². The van der Waals surface area contributed by atoms with Crippen molar-refractivity contribution < 1.29 is 0 Å². The van der Waals surface area contributed by atoms with Gasteiger partial charge in [-0.15, -0.1) is 0 Å². The molecule has 0 bridgehead atoms. The minimum atomic E-state index is 0.614. The summed E-state index contributed by atoms with van der Waals surface area (Å²) >= 11 is 5.34. The average molecular weight is 333 g/mol. The maximum atomic E-state index is 5.34. The fourth-order valence-electron chi connectivity index (χ4n) is 2.28. The van der Waals surface area contributed by atoms with Gasteiger partial charge in [0.1, 0.15) is 0 Å². The Labute approximate surface area is 147 Å². The minimum absolute atomic E-state index is 0.614. The molecule has 0 amide bonds. The number of hydrogen-bond acceptors (Lipinski definition) is 2. The summed E-state index contributed by atoms with van der Waals surface area (Å²) in [7, 11) is 0. The van der Waals surface area contributed by atoms with Crippen molar-refractivity contribution in [1.29, 1.82) is 0 Å². The Morgan fingerprint density at radius 3 is 1.88 bits per heavy atom. The highest BCUT2D eigenvalue weighted by atomic mass is 32.1. The van der Waals surface area contributed by atoms with Crippen molar-refractivity contribution in [3.8, 4) is 0 Å². The van der Waals surface area contributed by atoms with Gasteiger partial charge < -0.3 is 16.0 Å². The van der Waals surface area contributed by atoms with Gasteiger partial charge in [-0.1, -0.05) is 48.5 Å². The summed E-state index contributed by atoms with van der Waals surface area (Å²) in [4.78, 5) is 0. The van der Waals surface area contributed by atoms with Crippen LogP contribution in [0.5, 0.6) is 0 Å². The van der Waals surface area contributed by atoms with Gasteiger partial charge in [0.2, 0.25) is 0 Å². The average Bonchev–Trinajstić information content (AvgIpc) is 2.63. The summed E-state index contributed by atoms with van der Waals surface area (Å²) in [6.45, 7) is 0.709. The van der Waals surface area contributed by atoms with E-state index >= 15 is 0 Å². The van der Waals surface area contributed by atoms with Gasteiger partial charge in [0.05, 0.1) is 0 Å². The molecule has 3 nitrogen and oxygen atoms in total. The van der Waals surface area contributed by atoms with Crippen LogP contribution in [0.2, 0.25) is 0 Å². The van der Waals surface area contributed by atoms with Crippen molar-refractivity contribution in [2.45, 2.75) is 6.54 Å². The standard InChI is InChI=1S/C20H19N3S/c24-20(21-15-16-7-3-1-4-8-16)23-19-13-11-18(12-14-19)22-17-9-5-2-6-10-17/h1-14,22H,15H2,(H2,21,23,24). The molecule has 0 aromatic heterocycles. The van der Waals surface area contributed by atoms with Crippen LogP contribution in [-0.2, 0) is 6.54 Å². The van der Waals surface area contributed by atoms with Crippen LogP contribution in [0.3, 0.4) is 0 Å². The Morgan fingerprint density at radius 2 is 1.21 bits per heavy atom. The van der Waals surface area contributed by atoms with E-state index in [0.29, 0.717) is 11.7 Å². The molecular formula is C20H19N3S. The first-order chi connectivity index (χ1) is 11.8. The van der Waals surface area contributed by atoms with E-state index in [9.17, 15) is 0 Å². The van der Waals surface area contributed by atoms with Crippen molar-refractivity contribution in [2.75, 3.05) is 10.6 Å². The Hall–Kier alpha value is -2.85. The number of nitrogens with one attached hydrogen (secondary N) is 3. The fourth-order valence-corrected chi connectivity index (χ4v) is 2.47. The van der Waals surface area contributed by atoms with Gasteiger partial charge in [-0.05, 0) is 54.2 Å². The molecule has 0 saturated heterocycles. The second-order valence-electron chi connectivity index (χ2n) is 5.36. The lowest BCUT2D eigenvalue weighted by molar-refractivity contribution is 0.926. The van der Waals surface area contributed by atoms with E-state index in [1.807, 2.05) is 72.8 Å². The largest absolute Gasteiger partial charge is 0.358 e. The third-order valence-corrected chi connectivity index (χ3v) is 3.75. The molecule has 0 fully saturated rings. The predicted octanol–water partition coefficient (Wildman–Crippen LogP) is 4.92. The molecule has 4 heteroatoms. The number of benzene rings is 3. The highest BCUT2D eigenvalue weighted by Gasteiger charge is 1.99. The Bertz CT molecular complexity index is 771. The van der Waals surface area contributed by atoms with E-state index in [4.69, 9.17) is 12.2 Å². The molecule has 0 aliphatic heterocycles. The third-order valence-electron chi connectivity index (χ3n) is 3.50. The molecule has 120 valence electrons. The normalized spacial score (nSPS) is 10.0. The van der Waals surface area contributed by atoms with Crippen molar-refractivity contribution in [1.82, 2.24) is 5.32 Å². The topological polar surface area (TPSA) is 36.1 Å². The lowest BCUT2D eigenvalue weighted by Crippen LogP contribution is -2.27. The fraction of sp³-hybridized carbons (Fsp3) is 0.0500. The van der Waals surface area contributed by atoms with Crippen LogP contribution in [0.15, 0.2) is 84.9 Å². The molecule has 3 rings (SSSR count). The van der Waals surface area contributed by atoms with Crippen LogP contribution in [0, 0.1) is 0 Å². The number of hydrogen-bond donors (Lipinski definition) is 3. The molecule has 0 unspecified atom stereocenters. The van der Waals surface area contributed by atoms with Crippen LogP contribution in [-0.4, -0.2) is 5.11 Å². The van der Waals surface area contributed by atoms with Crippen LogP contribution >= 0.6 is 12.2 Å². The van der Waals surface area contributed by atoms with Gasteiger partial charge >= 0.3 is 0 Å². The highest BCUT2D eigenvalue weighted by Crippen LogP contribution is 2.18. The minimum Gasteiger partial charge on any atom is -0.358 e. The van der Waals surface area contributed by atoms with Gasteiger partial charge in [0, 0.05) is 23.6 Å². The molecule has 3 N–H and O–H groups in total. The Kier molecular flexibility index (Phi) is 5.43. The molecule has 3 aromatic rings. The zero-order chi connectivity index (χ0) is 16.6. The maximum Gasteiger partial charge on any atom is 0.171 e. The molecule has 0 aliphatic rings. The number of thiocarbonyl (C=S) groups is 1. The molecule has 0 heterocycles. The molecular weight excluding hydrogens is 314 g/mol. The predicted molar refractivity (Wildman–Crippen MR) is 106 cm³/mol. The highest BCUT2D eigenvalue weighted by molar-refractivity contribution is 7.80. The second-order valence-corrected chi connectivity index (χ2v) is 5.77. The van der Waals surface area contributed by atoms with E-state index in [1.54, 1.807) is 0 Å². The van der Waals surface area contributed by atoms with Gasteiger partial charge in [0.25, 0.3) is 0 Å². The number of anilines is 3. The summed E-state index contributed by atoms with van der Waals surface area (Å²) in [6, 6.07) is 28.3. The molecule has 3 aromatic carbocycles.